The van der Waals surface area contributed by atoms with Gasteiger partial charge in [0.25, 0.3) is 0 Å². The molecule has 1 aliphatic carbocycles. The second-order valence-corrected chi connectivity index (χ2v) is 8.58. The maximum absolute atomic E-state index is 10.1. The number of halogens is 1. The summed E-state index contributed by atoms with van der Waals surface area (Å²) in [6.45, 7) is 13.7. The summed E-state index contributed by atoms with van der Waals surface area (Å²) >= 11 is 7.16. The van der Waals surface area contributed by atoms with E-state index in [1.807, 2.05) is 43.3 Å². The van der Waals surface area contributed by atoms with Gasteiger partial charge in [-0.1, -0.05) is 50.8 Å². The smallest absolute Gasteiger partial charge is 0.157 e. The first-order valence-electron chi connectivity index (χ1n) is 10.8. The highest BCUT2D eigenvalue weighted by atomic mass is 35.5. The zero-order valence-electron chi connectivity index (χ0n) is 18.6. The van der Waals surface area contributed by atoms with Crippen molar-refractivity contribution < 1.29 is 14.9 Å². The van der Waals surface area contributed by atoms with Gasteiger partial charge in [0.1, 0.15) is 12.4 Å². The van der Waals surface area contributed by atoms with E-state index in [-0.39, 0.29) is 11.5 Å². The topological polar surface area (TPSA) is 52.9 Å². The molecule has 2 aromatic rings. The van der Waals surface area contributed by atoms with E-state index in [0.717, 1.165) is 42.1 Å². The number of likely N-dealkylation sites (N-methyl/N-ethyl adjacent to an activating group) is 1. The monoisotopic (exact) mass is 441 g/mol. The van der Waals surface area contributed by atoms with Crippen LogP contribution in [0.25, 0.3) is 0 Å². The highest BCUT2D eigenvalue weighted by molar-refractivity contribution is 6.30. The number of allylic oxidation sites excluding steroid dienone is 3. The van der Waals surface area contributed by atoms with Crippen molar-refractivity contribution in [1.29, 1.82) is 0 Å². The minimum atomic E-state index is -0.669. The molecule has 2 N–H and O–H groups in total. The first kappa shape index (κ1) is 23.2. The number of ether oxygens (including phenoxy) is 1. The van der Waals surface area contributed by atoms with E-state index >= 15 is 0 Å². The van der Waals surface area contributed by atoms with Crippen LogP contribution in [0, 0.1) is 0 Å². The SMILES string of the molecule is C=C/C(=C\C)C1(Cl)CC1(c1ccc(OCCN(CC)CC)cc1)c1ccc(O)c(O)c1. The first-order valence-corrected chi connectivity index (χ1v) is 11.2. The Morgan fingerprint density at radius 1 is 1.10 bits per heavy atom. The van der Waals surface area contributed by atoms with Crippen LogP contribution in [-0.2, 0) is 5.41 Å². The molecule has 31 heavy (non-hydrogen) atoms. The average Bonchev–Trinajstić information content (AvgIpc) is 3.41. The van der Waals surface area contributed by atoms with Gasteiger partial charge in [-0.25, -0.2) is 0 Å². The number of aromatic hydroxyl groups is 2. The number of benzene rings is 2. The molecule has 0 amide bonds. The largest absolute Gasteiger partial charge is 0.504 e. The molecule has 4 nitrogen and oxygen atoms in total. The van der Waals surface area contributed by atoms with Crippen LogP contribution < -0.4 is 4.74 Å². The summed E-state index contributed by atoms with van der Waals surface area (Å²) < 4.78 is 5.94. The molecule has 2 unspecified atom stereocenters. The van der Waals surface area contributed by atoms with Gasteiger partial charge < -0.3 is 19.8 Å². The Hall–Kier alpha value is -2.43. The Labute approximate surface area is 190 Å². The van der Waals surface area contributed by atoms with Crippen molar-refractivity contribution in [2.24, 2.45) is 0 Å². The van der Waals surface area contributed by atoms with Gasteiger partial charge in [0.15, 0.2) is 11.5 Å². The predicted molar refractivity (Wildman–Crippen MR) is 127 cm³/mol. The first-order chi connectivity index (χ1) is 14.9. The lowest BCUT2D eigenvalue weighted by Gasteiger charge is -2.24. The lowest BCUT2D eigenvalue weighted by Crippen LogP contribution is -2.27. The van der Waals surface area contributed by atoms with Crippen LogP contribution in [0.5, 0.6) is 17.2 Å². The number of hydrogen-bond acceptors (Lipinski definition) is 4. The molecule has 0 bridgehead atoms. The lowest BCUT2D eigenvalue weighted by atomic mass is 9.83. The standard InChI is InChI=1S/C26H32ClNO3/c1-5-19(6-2)26(27)18-25(26,21-11-14-23(29)24(30)17-21)20-9-12-22(13-10-20)31-16-15-28(7-3)8-4/h5-6,9-14,17,29-30H,1,7-8,15-16,18H2,2-4H3/b19-6+. The number of phenolic OH excluding ortho intramolecular Hbond substituents is 2. The Balaban J connectivity index is 1.91. The normalized spacial score (nSPS) is 23.1. The second kappa shape index (κ2) is 9.37. The summed E-state index contributed by atoms with van der Waals surface area (Å²) in [5.41, 5.74) is 2.30. The molecule has 1 saturated carbocycles. The maximum atomic E-state index is 10.1. The number of hydrogen-bond donors (Lipinski definition) is 2. The zero-order valence-corrected chi connectivity index (χ0v) is 19.3. The molecule has 0 aliphatic heterocycles. The molecule has 2 aromatic carbocycles. The third-order valence-corrected chi connectivity index (χ3v) is 7.11. The average molecular weight is 442 g/mol. The highest BCUT2D eigenvalue weighted by Crippen LogP contribution is 2.69. The Kier molecular flexibility index (Phi) is 7.03. The van der Waals surface area contributed by atoms with Crippen molar-refractivity contribution in [3.05, 3.63) is 77.9 Å². The van der Waals surface area contributed by atoms with Crippen molar-refractivity contribution >= 4 is 11.6 Å². The van der Waals surface area contributed by atoms with E-state index in [0.29, 0.717) is 13.0 Å². The van der Waals surface area contributed by atoms with Gasteiger partial charge >= 0.3 is 0 Å². The molecular weight excluding hydrogens is 410 g/mol. The van der Waals surface area contributed by atoms with Crippen LogP contribution in [0.1, 0.15) is 38.3 Å². The van der Waals surface area contributed by atoms with Crippen molar-refractivity contribution in [3.8, 4) is 17.2 Å². The Morgan fingerprint density at radius 3 is 2.29 bits per heavy atom. The van der Waals surface area contributed by atoms with Crippen molar-refractivity contribution in [2.75, 3.05) is 26.2 Å². The van der Waals surface area contributed by atoms with Gasteiger partial charge in [-0.15, -0.1) is 11.6 Å². The van der Waals surface area contributed by atoms with Crippen LogP contribution in [-0.4, -0.2) is 46.2 Å². The van der Waals surface area contributed by atoms with E-state index in [4.69, 9.17) is 16.3 Å². The summed E-state index contributed by atoms with van der Waals surface area (Å²) in [6.07, 6.45) is 4.44. The maximum Gasteiger partial charge on any atom is 0.157 e. The highest BCUT2D eigenvalue weighted by Gasteiger charge is 2.69. The van der Waals surface area contributed by atoms with Crippen LogP contribution in [0.4, 0.5) is 0 Å². The molecule has 0 saturated heterocycles. The molecular formula is C26H32ClNO3. The summed E-state index contributed by atoms with van der Waals surface area (Å²) in [7, 11) is 0. The van der Waals surface area contributed by atoms with Gasteiger partial charge in [-0.3, -0.25) is 0 Å². The summed E-state index contributed by atoms with van der Waals surface area (Å²) in [6, 6.07) is 13.0. The number of rotatable bonds is 10. The van der Waals surface area contributed by atoms with Crippen molar-refractivity contribution in [1.82, 2.24) is 4.90 Å². The minimum Gasteiger partial charge on any atom is -0.504 e. The van der Waals surface area contributed by atoms with E-state index in [9.17, 15) is 10.2 Å². The second-order valence-electron chi connectivity index (χ2n) is 7.93. The molecule has 3 rings (SSSR count). The van der Waals surface area contributed by atoms with Crippen molar-refractivity contribution in [3.63, 3.8) is 0 Å². The van der Waals surface area contributed by atoms with E-state index in [2.05, 4.69) is 25.3 Å². The summed E-state index contributed by atoms with van der Waals surface area (Å²) in [5.74, 6) is 0.516. The number of phenols is 2. The lowest BCUT2D eigenvalue weighted by molar-refractivity contribution is 0.223. The third kappa shape index (κ3) is 4.19. The van der Waals surface area contributed by atoms with Gasteiger partial charge in [0.2, 0.25) is 0 Å². The van der Waals surface area contributed by atoms with Crippen molar-refractivity contribution in [2.45, 2.75) is 37.5 Å². The fourth-order valence-electron chi connectivity index (χ4n) is 4.46. The third-order valence-electron chi connectivity index (χ3n) is 6.43. The Morgan fingerprint density at radius 2 is 1.74 bits per heavy atom. The number of alkyl halides is 1. The fraction of sp³-hybridized carbons (Fsp3) is 0.385. The molecule has 0 aromatic heterocycles. The van der Waals surface area contributed by atoms with Gasteiger partial charge in [0.05, 0.1) is 4.87 Å². The number of nitrogens with zero attached hydrogens (tertiary/aromatic N) is 1. The molecule has 0 radical (unpaired) electrons. The molecule has 0 spiro atoms. The minimum absolute atomic E-state index is 0.147. The molecule has 1 fully saturated rings. The van der Waals surface area contributed by atoms with Gasteiger partial charge in [0, 0.05) is 12.0 Å². The molecule has 5 heteroatoms. The van der Waals surface area contributed by atoms with Crippen LogP contribution in [0.3, 0.4) is 0 Å². The zero-order chi connectivity index (χ0) is 22.6. The van der Waals surface area contributed by atoms with Crippen LogP contribution in [0.15, 0.2) is 66.8 Å². The molecule has 1 aliphatic rings. The molecule has 166 valence electrons. The van der Waals surface area contributed by atoms with Gasteiger partial charge in [-0.2, -0.15) is 0 Å². The molecule has 2 atom stereocenters. The summed E-state index contributed by atoms with van der Waals surface area (Å²) in [4.78, 5) is 1.65. The molecule has 0 heterocycles. The Bertz CT molecular complexity index is 952. The van der Waals surface area contributed by atoms with Crippen LogP contribution in [0.2, 0.25) is 0 Å². The van der Waals surface area contributed by atoms with E-state index < -0.39 is 10.3 Å². The van der Waals surface area contributed by atoms with E-state index in [1.54, 1.807) is 12.1 Å². The summed E-state index contributed by atoms with van der Waals surface area (Å²) in [5, 5.41) is 19.9. The quantitative estimate of drug-likeness (QED) is 0.285. The fourth-order valence-corrected chi connectivity index (χ4v) is 5.07. The van der Waals surface area contributed by atoms with Gasteiger partial charge in [-0.05, 0) is 67.4 Å². The van der Waals surface area contributed by atoms with E-state index in [1.165, 1.54) is 6.07 Å². The predicted octanol–water partition coefficient (Wildman–Crippen LogP) is 5.62. The van der Waals surface area contributed by atoms with Crippen LogP contribution >= 0.6 is 11.6 Å².